The van der Waals surface area contributed by atoms with Crippen LogP contribution in [-0.2, 0) is 61.6 Å². The zero-order valence-corrected chi connectivity index (χ0v) is 33.5. The van der Waals surface area contributed by atoms with Crippen LogP contribution in [0, 0.1) is 0 Å². The summed E-state index contributed by atoms with van der Waals surface area (Å²) in [7, 11) is 0. The second kappa shape index (κ2) is 50.5. The quantitative estimate of drug-likeness (QED) is 0.0725. The van der Waals surface area contributed by atoms with Crippen molar-refractivity contribution in [3.63, 3.8) is 0 Å². The van der Waals surface area contributed by atoms with Gasteiger partial charge in [-0.1, -0.05) is 71.6 Å². The first-order valence-electron chi connectivity index (χ1n) is 20.4. The van der Waals surface area contributed by atoms with Crippen LogP contribution in [0.3, 0.4) is 0 Å². The molecular weight excluding hydrogens is 676 g/mol. The van der Waals surface area contributed by atoms with E-state index in [2.05, 4.69) is 13.8 Å². The first-order valence-corrected chi connectivity index (χ1v) is 20.4. The minimum atomic E-state index is 0.517. The monoisotopic (exact) mass is 757 g/mol. The van der Waals surface area contributed by atoms with Crippen LogP contribution in [0.25, 0.3) is 0 Å². The molecule has 314 valence electrons. The predicted molar refractivity (Wildman–Crippen MR) is 203 cm³/mol. The summed E-state index contributed by atoms with van der Waals surface area (Å²) in [4.78, 5) is 0. The van der Waals surface area contributed by atoms with E-state index >= 15 is 0 Å². The minimum absolute atomic E-state index is 0.517. The lowest BCUT2D eigenvalue weighted by atomic mass is 10.1. The molecule has 0 aromatic carbocycles. The molecule has 13 nitrogen and oxygen atoms in total. The smallest absolute Gasteiger partial charge is 0.0701 e. The molecule has 0 unspecified atom stereocenters. The standard InChI is InChI=1S/C39H80O13/c1-3-5-7-9-11-13-15-41-17-19-43-21-23-45-25-27-47-29-31-49-33-35-51-37-39-52-38-36-50-34-32-48-30-28-46-26-24-44-22-20-42-18-16-40-14-12-10-8-6-4-2/h3-39H2,1-2H3. The molecule has 0 radical (unpaired) electrons. The maximum absolute atomic E-state index is 5.59. The number of unbranched alkanes of at least 4 members (excludes halogenated alkanes) is 9. The van der Waals surface area contributed by atoms with Crippen LogP contribution in [-0.4, -0.2) is 172 Å². The normalized spacial score (nSPS) is 11.7. The fourth-order valence-electron chi connectivity index (χ4n) is 4.53. The molecule has 0 atom stereocenters. The van der Waals surface area contributed by atoms with Crippen molar-refractivity contribution in [2.75, 3.05) is 172 Å². The highest BCUT2D eigenvalue weighted by Gasteiger charge is 1.98. The van der Waals surface area contributed by atoms with E-state index < -0.39 is 0 Å². The Kier molecular flexibility index (Phi) is 50.0. The van der Waals surface area contributed by atoms with Gasteiger partial charge in [0.1, 0.15) is 0 Å². The number of rotatable bonds is 49. The topological polar surface area (TPSA) is 120 Å². The summed E-state index contributed by atoms with van der Waals surface area (Å²) >= 11 is 0. The molecule has 0 fully saturated rings. The molecule has 13 heteroatoms. The molecule has 0 spiro atoms. The van der Waals surface area contributed by atoms with Crippen molar-refractivity contribution < 1.29 is 61.6 Å². The summed E-state index contributed by atoms with van der Waals surface area (Å²) < 4.78 is 71.7. The fourth-order valence-corrected chi connectivity index (χ4v) is 4.53. The SMILES string of the molecule is CCCCCCCCOCCOCCOCCOCCOCCOCCOCCOCCOCCOCCOCCOCCOCCCCCCC. The van der Waals surface area contributed by atoms with E-state index in [0.717, 1.165) is 26.1 Å². The number of hydrogen-bond acceptors (Lipinski definition) is 13. The van der Waals surface area contributed by atoms with Gasteiger partial charge in [0, 0.05) is 13.2 Å². The molecule has 0 aliphatic heterocycles. The van der Waals surface area contributed by atoms with Crippen molar-refractivity contribution >= 4 is 0 Å². The summed E-state index contributed by atoms with van der Waals surface area (Å²) in [6.07, 6.45) is 14.0. The largest absolute Gasteiger partial charge is 0.379 e. The van der Waals surface area contributed by atoms with Crippen LogP contribution in [0.15, 0.2) is 0 Å². The van der Waals surface area contributed by atoms with Crippen LogP contribution >= 0.6 is 0 Å². The van der Waals surface area contributed by atoms with Crippen LogP contribution in [0.5, 0.6) is 0 Å². The molecule has 0 aromatic heterocycles. The first kappa shape index (κ1) is 51.5. The second-order valence-electron chi connectivity index (χ2n) is 12.1. The fraction of sp³-hybridized carbons (Fsp3) is 1.00. The Morgan fingerprint density at radius 1 is 0.154 bits per heavy atom. The van der Waals surface area contributed by atoms with Gasteiger partial charge in [0.05, 0.1) is 159 Å². The van der Waals surface area contributed by atoms with Gasteiger partial charge in [-0.15, -0.1) is 0 Å². The second-order valence-corrected chi connectivity index (χ2v) is 12.1. The van der Waals surface area contributed by atoms with E-state index in [0.29, 0.717) is 159 Å². The van der Waals surface area contributed by atoms with Crippen molar-refractivity contribution in [2.45, 2.75) is 84.5 Å². The van der Waals surface area contributed by atoms with E-state index in [4.69, 9.17) is 61.6 Å². The molecule has 0 N–H and O–H groups in total. The Labute approximate surface area is 317 Å². The molecule has 0 heterocycles. The van der Waals surface area contributed by atoms with Crippen LogP contribution in [0.2, 0.25) is 0 Å². The Balaban J connectivity index is 3.04. The Morgan fingerprint density at radius 3 is 0.462 bits per heavy atom. The van der Waals surface area contributed by atoms with Gasteiger partial charge in [-0.25, -0.2) is 0 Å². The average Bonchev–Trinajstić information content (AvgIpc) is 3.16. The van der Waals surface area contributed by atoms with E-state index in [9.17, 15) is 0 Å². The van der Waals surface area contributed by atoms with Crippen molar-refractivity contribution in [3.8, 4) is 0 Å². The third-order valence-electron chi connectivity index (χ3n) is 7.50. The maximum Gasteiger partial charge on any atom is 0.0701 e. The third-order valence-corrected chi connectivity index (χ3v) is 7.50. The van der Waals surface area contributed by atoms with E-state index in [1.165, 1.54) is 57.8 Å². The minimum Gasteiger partial charge on any atom is -0.379 e. The molecule has 0 aliphatic carbocycles. The van der Waals surface area contributed by atoms with Gasteiger partial charge < -0.3 is 61.6 Å². The van der Waals surface area contributed by atoms with Crippen molar-refractivity contribution in [2.24, 2.45) is 0 Å². The lowest BCUT2D eigenvalue weighted by molar-refractivity contribution is -0.0290. The van der Waals surface area contributed by atoms with Gasteiger partial charge in [-0.3, -0.25) is 0 Å². The van der Waals surface area contributed by atoms with Gasteiger partial charge >= 0.3 is 0 Å². The molecule has 0 amide bonds. The zero-order chi connectivity index (χ0) is 37.4. The number of hydrogen-bond donors (Lipinski definition) is 0. The highest BCUT2D eigenvalue weighted by molar-refractivity contribution is 4.45. The van der Waals surface area contributed by atoms with Gasteiger partial charge in [0.2, 0.25) is 0 Å². The summed E-state index contributed by atoms with van der Waals surface area (Å²) in [6, 6.07) is 0. The molecule has 0 aliphatic rings. The Hall–Kier alpha value is -0.520. The number of ether oxygens (including phenoxy) is 13. The highest BCUT2D eigenvalue weighted by Crippen LogP contribution is 2.05. The Bertz CT molecular complexity index is 557. The summed E-state index contributed by atoms with van der Waals surface area (Å²) in [6.45, 7) is 19.3. The first-order chi connectivity index (χ1) is 25.9. The van der Waals surface area contributed by atoms with Crippen molar-refractivity contribution in [1.82, 2.24) is 0 Å². The predicted octanol–water partition coefficient (Wildman–Crippen LogP) is 5.53. The van der Waals surface area contributed by atoms with Gasteiger partial charge in [0.15, 0.2) is 0 Å². The zero-order valence-electron chi connectivity index (χ0n) is 33.5. The average molecular weight is 757 g/mol. The highest BCUT2D eigenvalue weighted by atomic mass is 16.6. The van der Waals surface area contributed by atoms with Crippen molar-refractivity contribution in [3.05, 3.63) is 0 Å². The van der Waals surface area contributed by atoms with Gasteiger partial charge in [-0.2, -0.15) is 0 Å². The van der Waals surface area contributed by atoms with Crippen LogP contribution in [0.4, 0.5) is 0 Å². The molecule has 0 bridgehead atoms. The van der Waals surface area contributed by atoms with E-state index in [1.54, 1.807) is 0 Å². The summed E-state index contributed by atoms with van der Waals surface area (Å²) in [5.74, 6) is 0. The maximum atomic E-state index is 5.59. The summed E-state index contributed by atoms with van der Waals surface area (Å²) in [5, 5.41) is 0. The Morgan fingerprint density at radius 2 is 0.288 bits per heavy atom. The third kappa shape index (κ3) is 49.5. The van der Waals surface area contributed by atoms with Gasteiger partial charge in [-0.05, 0) is 12.8 Å². The molecule has 52 heavy (non-hydrogen) atoms. The van der Waals surface area contributed by atoms with Crippen LogP contribution < -0.4 is 0 Å². The van der Waals surface area contributed by atoms with Gasteiger partial charge in [0.25, 0.3) is 0 Å². The molecule has 0 saturated heterocycles. The molecule has 0 rings (SSSR count). The van der Waals surface area contributed by atoms with Crippen molar-refractivity contribution in [1.29, 1.82) is 0 Å². The summed E-state index contributed by atoms with van der Waals surface area (Å²) in [5.41, 5.74) is 0. The molecule has 0 saturated carbocycles. The lowest BCUT2D eigenvalue weighted by Gasteiger charge is -2.09. The molecule has 0 aromatic rings. The van der Waals surface area contributed by atoms with E-state index in [-0.39, 0.29) is 0 Å². The molecular formula is C39H80O13. The lowest BCUT2D eigenvalue weighted by Crippen LogP contribution is -2.15. The van der Waals surface area contributed by atoms with E-state index in [1.807, 2.05) is 0 Å². The van der Waals surface area contributed by atoms with Crippen LogP contribution in [0.1, 0.15) is 84.5 Å².